The minimum Gasteiger partial charge on any atom is -0.466 e. The quantitative estimate of drug-likeness (QED) is 0.332. The summed E-state index contributed by atoms with van der Waals surface area (Å²) in [5.41, 5.74) is -0.0645. The first-order valence-corrected chi connectivity index (χ1v) is 11.7. The lowest BCUT2D eigenvalue weighted by Gasteiger charge is -2.39. The van der Waals surface area contributed by atoms with Gasteiger partial charge < -0.3 is 4.74 Å². The van der Waals surface area contributed by atoms with Crippen LogP contribution in [0.4, 0.5) is 0 Å². The Morgan fingerprint density at radius 3 is 2.43 bits per heavy atom. The summed E-state index contributed by atoms with van der Waals surface area (Å²) in [5.74, 6) is 0.181. The molecule has 2 unspecified atom stereocenters. The monoisotopic (exact) mass is 426 g/mol. The van der Waals surface area contributed by atoms with E-state index >= 15 is 0 Å². The number of benzene rings is 1. The average molecular weight is 427 g/mol. The molecular weight excluding hydrogens is 392 g/mol. The van der Waals surface area contributed by atoms with Gasteiger partial charge in [0.1, 0.15) is 0 Å². The van der Waals surface area contributed by atoms with E-state index < -0.39 is 5.41 Å². The van der Waals surface area contributed by atoms with Crippen molar-refractivity contribution >= 4 is 34.4 Å². The molecule has 0 amide bonds. The van der Waals surface area contributed by atoms with Crippen molar-refractivity contribution in [3.63, 3.8) is 0 Å². The number of hydrogen-bond donors (Lipinski definition) is 0. The summed E-state index contributed by atoms with van der Waals surface area (Å²) in [4.78, 5) is 26.2. The predicted molar refractivity (Wildman–Crippen MR) is 120 cm³/mol. The van der Waals surface area contributed by atoms with Crippen molar-refractivity contribution in [1.29, 1.82) is 0 Å². The van der Waals surface area contributed by atoms with Gasteiger partial charge >= 0.3 is 5.97 Å². The zero-order chi connectivity index (χ0) is 21.2. The number of carbonyl (C=O) groups excluding carboxylic acids is 2. The van der Waals surface area contributed by atoms with Crippen LogP contribution in [0.5, 0.6) is 0 Å². The standard InChI is InChI=1S/C23H35ClO3S/c1-6-9-13-20(28-21(25)18-11-10-12-19(24)15-18)23(14-7-2,16-17(4)5)22(26)27-8-3/h10-12,15,17,20H,6-9,13-14,16H2,1-5H3. The van der Waals surface area contributed by atoms with Crippen LogP contribution < -0.4 is 0 Å². The van der Waals surface area contributed by atoms with Gasteiger partial charge in [-0.15, -0.1) is 0 Å². The van der Waals surface area contributed by atoms with E-state index in [0.29, 0.717) is 23.1 Å². The van der Waals surface area contributed by atoms with Crippen molar-refractivity contribution < 1.29 is 14.3 Å². The molecule has 1 aromatic carbocycles. The van der Waals surface area contributed by atoms with Gasteiger partial charge in [0.05, 0.1) is 12.0 Å². The summed E-state index contributed by atoms with van der Waals surface area (Å²) in [6.07, 6.45) is 5.15. The molecule has 1 rings (SSSR count). The van der Waals surface area contributed by atoms with Crippen LogP contribution >= 0.6 is 23.4 Å². The van der Waals surface area contributed by atoms with Crippen molar-refractivity contribution in [3.05, 3.63) is 34.9 Å². The first-order valence-electron chi connectivity index (χ1n) is 10.4. The molecule has 0 heterocycles. The number of esters is 1. The lowest BCUT2D eigenvalue weighted by molar-refractivity contribution is -0.157. The summed E-state index contributed by atoms with van der Waals surface area (Å²) >= 11 is 7.36. The molecule has 0 saturated heterocycles. The van der Waals surface area contributed by atoms with Crippen molar-refractivity contribution in [3.8, 4) is 0 Å². The topological polar surface area (TPSA) is 43.4 Å². The molecule has 0 aliphatic carbocycles. The number of rotatable bonds is 12. The van der Waals surface area contributed by atoms with E-state index in [1.165, 1.54) is 11.8 Å². The highest BCUT2D eigenvalue weighted by atomic mass is 35.5. The highest BCUT2D eigenvalue weighted by molar-refractivity contribution is 8.14. The van der Waals surface area contributed by atoms with E-state index in [1.807, 2.05) is 6.92 Å². The minimum atomic E-state index is -0.646. The van der Waals surface area contributed by atoms with Crippen LogP contribution in [0.25, 0.3) is 0 Å². The third kappa shape index (κ3) is 7.11. The molecule has 0 aliphatic heterocycles. The van der Waals surface area contributed by atoms with Crippen LogP contribution in [0.2, 0.25) is 5.02 Å². The van der Waals surface area contributed by atoms with Gasteiger partial charge in [0, 0.05) is 15.8 Å². The van der Waals surface area contributed by atoms with E-state index in [-0.39, 0.29) is 16.3 Å². The zero-order valence-corrected chi connectivity index (χ0v) is 19.5. The van der Waals surface area contributed by atoms with Gasteiger partial charge in [-0.05, 0) is 44.2 Å². The van der Waals surface area contributed by atoms with Crippen molar-refractivity contribution in [2.45, 2.75) is 78.4 Å². The molecule has 0 radical (unpaired) electrons. The van der Waals surface area contributed by atoms with E-state index in [0.717, 1.165) is 38.5 Å². The number of hydrogen-bond acceptors (Lipinski definition) is 4. The Labute approximate surface area is 179 Å². The molecule has 0 saturated carbocycles. The molecule has 0 fully saturated rings. The molecular formula is C23H35ClO3S. The Morgan fingerprint density at radius 1 is 1.18 bits per heavy atom. The fraction of sp³-hybridized carbons (Fsp3) is 0.652. The molecule has 28 heavy (non-hydrogen) atoms. The van der Waals surface area contributed by atoms with Crippen LogP contribution in [0, 0.1) is 11.3 Å². The molecule has 0 aliphatic rings. The van der Waals surface area contributed by atoms with Crippen LogP contribution in [0.15, 0.2) is 24.3 Å². The molecule has 1 aromatic rings. The van der Waals surface area contributed by atoms with Crippen LogP contribution in [-0.2, 0) is 9.53 Å². The number of ether oxygens (including phenoxy) is 1. The van der Waals surface area contributed by atoms with Crippen molar-refractivity contribution in [2.75, 3.05) is 6.61 Å². The Kier molecular flexibility index (Phi) is 11.2. The molecule has 0 bridgehead atoms. The van der Waals surface area contributed by atoms with Crippen LogP contribution in [-0.4, -0.2) is 22.9 Å². The van der Waals surface area contributed by atoms with E-state index in [2.05, 4.69) is 27.7 Å². The summed E-state index contributed by atoms with van der Waals surface area (Å²) < 4.78 is 5.54. The van der Waals surface area contributed by atoms with E-state index in [9.17, 15) is 9.59 Å². The third-order valence-corrected chi connectivity index (χ3v) is 6.55. The fourth-order valence-electron chi connectivity index (χ4n) is 3.81. The van der Waals surface area contributed by atoms with Crippen molar-refractivity contribution in [1.82, 2.24) is 0 Å². The van der Waals surface area contributed by atoms with Gasteiger partial charge in [-0.2, -0.15) is 0 Å². The summed E-state index contributed by atoms with van der Waals surface area (Å²) in [5, 5.41) is 0.404. The second-order valence-electron chi connectivity index (χ2n) is 7.77. The molecule has 3 nitrogen and oxygen atoms in total. The van der Waals surface area contributed by atoms with Gasteiger partial charge in [0.25, 0.3) is 0 Å². The maximum atomic E-state index is 13.2. The Hall–Kier alpha value is -1.00. The van der Waals surface area contributed by atoms with Gasteiger partial charge in [-0.25, -0.2) is 0 Å². The Balaban J connectivity index is 3.30. The van der Waals surface area contributed by atoms with Crippen LogP contribution in [0.3, 0.4) is 0 Å². The van der Waals surface area contributed by atoms with Gasteiger partial charge in [-0.1, -0.05) is 82.5 Å². The molecule has 158 valence electrons. The third-order valence-electron chi connectivity index (χ3n) is 4.90. The maximum Gasteiger partial charge on any atom is 0.313 e. The zero-order valence-electron chi connectivity index (χ0n) is 17.9. The molecule has 0 aromatic heterocycles. The summed E-state index contributed by atoms with van der Waals surface area (Å²) in [6, 6.07) is 7.03. The average Bonchev–Trinajstić information content (AvgIpc) is 2.64. The van der Waals surface area contributed by atoms with E-state index in [1.54, 1.807) is 24.3 Å². The smallest absolute Gasteiger partial charge is 0.313 e. The lowest BCUT2D eigenvalue weighted by atomic mass is 9.72. The fourth-order valence-corrected chi connectivity index (χ4v) is 5.34. The largest absolute Gasteiger partial charge is 0.466 e. The Bertz CT molecular complexity index is 632. The predicted octanol–water partition coefficient (Wildman–Crippen LogP) is 7.17. The molecule has 2 atom stereocenters. The minimum absolute atomic E-state index is 0.0304. The summed E-state index contributed by atoms with van der Waals surface area (Å²) in [7, 11) is 0. The second-order valence-corrected chi connectivity index (χ2v) is 9.38. The number of carbonyl (C=O) groups is 2. The molecule has 0 spiro atoms. The summed E-state index contributed by atoms with van der Waals surface area (Å²) in [6.45, 7) is 10.7. The Morgan fingerprint density at radius 2 is 1.89 bits per heavy atom. The van der Waals surface area contributed by atoms with Crippen molar-refractivity contribution in [2.24, 2.45) is 11.3 Å². The SMILES string of the molecule is CCCCC(SC(=O)c1cccc(Cl)c1)C(CCC)(CC(C)C)C(=O)OCC. The number of thioether (sulfide) groups is 1. The normalized spacial score (nSPS) is 14.5. The van der Waals surface area contributed by atoms with Gasteiger partial charge in [-0.3, -0.25) is 9.59 Å². The number of unbranched alkanes of at least 4 members (excludes halogenated alkanes) is 1. The first-order chi connectivity index (χ1) is 13.3. The second kappa shape index (κ2) is 12.5. The highest BCUT2D eigenvalue weighted by Crippen LogP contribution is 2.46. The van der Waals surface area contributed by atoms with Gasteiger partial charge in [0.15, 0.2) is 0 Å². The van der Waals surface area contributed by atoms with Gasteiger partial charge in [0.2, 0.25) is 5.12 Å². The molecule has 5 heteroatoms. The highest BCUT2D eigenvalue weighted by Gasteiger charge is 2.47. The number of halogens is 1. The first kappa shape index (κ1) is 25.0. The lowest BCUT2D eigenvalue weighted by Crippen LogP contribution is -2.44. The van der Waals surface area contributed by atoms with E-state index in [4.69, 9.17) is 16.3 Å². The molecule has 0 N–H and O–H groups in total. The van der Waals surface area contributed by atoms with Crippen LogP contribution in [0.1, 0.15) is 83.5 Å². The maximum absolute atomic E-state index is 13.2.